The number of H-pyrrole nitrogens is 1. The lowest BCUT2D eigenvalue weighted by atomic mass is 10.00. The fourth-order valence-electron chi connectivity index (χ4n) is 6.42. The van der Waals surface area contributed by atoms with E-state index in [9.17, 15) is 0 Å². The van der Waals surface area contributed by atoms with Gasteiger partial charge in [0.25, 0.3) is 0 Å². The van der Waals surface area contributed by atoms with Crippen LogP contribution in [0.15, 0.2) is 110 Å². The van der Waals surface area contributed by atoms with Gasteiger partial charge in [0.15, 0.2) is 0 Å². The Kier molecular flexibility index (Phi) is 9.55. The van der Waals surface area contributed by atoms with Gasteiger partial charge in [0.05, 0.1) is 39.8 Å². The first-order chi connectivity index (χ1) is 21.6. The van der Waals surface area contributed by atoms with Crippen molar-refractivity contribution in [2.75, 3.05) is 7.05 Å². The molecule has 0 amide bonds. The first-order valence-corrected chi connectivity index (χ1v) is 16.7. The van der Waals surface area contributed by atoms with E-state index in [0.717, 1.165) is 82.7 Å². The second-order valence-corrected chi connectivity index (χ2v) is 12.2. The SMILES string of the molecule is CCCCCCCC1=C2C=CC(=N2)/C(=C2/NC=CN2C)C2=NC(=C(CCCCCCC)c3ccc([nH]3)C=C3C=CC1=N3)C=C2. The van der Waals surface area contributed by atoms with Crippen LogP contribution in [0.3, 0.4) is 0 Å². The summed E-state index contributed by atoms with van der Waals surface area (Å²) in [5.74, 6) is 0.994. The highest BCUT2D eigenvalue weighted by Crippen LogP contribution is 2.33. The molecule has 0 aliphatic carbocycles. The van der Waals surface area contributed by atoms with Gasteiger partial charge < -0.3 is 15.2 Å². The number of rotatable bonds is 12. The number of hydrogen-bond donors (Lipinski definition) is 2. The van der Waals surface area contributed by atoms with Crippen LogP contribution in [0, 0.1) is 0 Å². The quantitative estimate of drug-likeness (QED) is 0.240. The molecule has 0 saturated heterocycles. The Morgan fingerprint density at radius 1 is 0.659 bits per heavy atom. The topological polar surface area (TPSA) is 68.1 Å². The molecular formula is C38H46N6. The molecule has 0 spiro atoms. The van der Waals surface area contributed by atoms with Crippen molar-refractivity contribution in [1.82, 2.24) is 15.2 Å². The van der Waals surface area contributed by atoms with Crippen LogP contribution in [-0.2, 0) is 0 Å². The number of allylic oxidation sites excluding steroid dienone is 9. The molecule has 2 N–H and O–H groups in total. The van der Waals surface area contributed by atoms with Crippen LogP contribution in [0.4, 0.5) is 0 Å². The largest absolute Gasteiger partial charge is 0.355 e. The van der Waals surface area contributed by atoms with E-state index in [-0.39, 0.29) is 0 Å². The Balaban J connectivity index is 1.45. The Bertz CT molecular complexity index is 1610. The molecule has 6 heterocycles. The number of fused-ring (bicyclic) bond motifs is 5. The third kappa shape index (κ3) is 6.64. The minimum atomic E-state index is 0.930. The molecule has 0 saturated carbocycles. The van der Waals surface area contributed by atoms with Crippen LogP contribution < -0.4 is 5.32 Å². The molecule has 5 aliphatic heterocycles. The van der Waals surface area contributed by atoms with Gasteiger partial charge in [-0.1, -0.05) is 65.2 Å². The van der Waals surface area contributed by atoms with Gasteiger partial charge >= 0.3 is 0 Å². The molecule has 44 heavy (non-hydrogen) atoms. The molecule has 5 aliphatic rings. The molecular weight excluding hydrogens is 540 g/mol. The molecule has 6 rings (SSSR count). The van der Waals surface area contributed by atoms with E-state index in [1.165, 1.54) is 62.5 Å². The number of hydrogen-bond acceptors (Lipinski definition) is 5. The van der Waals surface area contributed by atoms with E-state index >= 15 is 0 Å². The zero-order valence-electron chi connectivity index (χ0n) is 26.6. The van der Waals surface area contributed by atoms with E-state index < -0.39 is 0 Å². The molecule has 0 radical (unpaired) electrons. The highest BCUT2D eigenvalue weighted by atomic mass is 15.3. The van der Waals surface area contributed by atoms with Crippen LogP contribution in [-0.4, -0.2) is 34.1 Å². The minimum Gasteiger partial charge on any atom is -0.355 e. The summed E-state index contributed by atoms with van der Waals surface area (Å²) in [7, 11) is 2.07. The van der Waals surface area contributed by atoms with Crippen LogP contribution in [0.1, 0.15) is 102 Å². The van der Waals surface area contributed by atoms with Crippen molar-refractivity contribution in [3.05, 3.63) is 106 Å². The van der Waals surface area contributed by atoms with Crippen LogP contribution in [0.2, 0.25) is 0 Å². The van der Waals surface area contributed by atoms with Gasteiger partial charge in [-0.15, -0.1) is 0 Å². The van der Waals surface area contributed by atoms with E-state index in [1.54, 1.807) is 0 Å². The lowest BCUT2D eigenvalue weighted by Crippen LogP contribution is -2.23. The number of aromatic nitrogens is 1. The summed E-state index contributed by atoms with van der Waals surface area (Å²) >= 11 is 0. The molecule has 6 nitrogen and oxygen atoms in total. The fourth-order valence-corrected chi connectivity index (χ4v) is 6.42. The van der Waals surface area contributed by atoms with Crippen molar-refractivity contribution < 1.29 is 0 Å². The Morgan fingerprint density at radius 2 is 1.30 bits per heavy atom. The number of nitrogens with zero attached hydrogens (tertiary/aromatic N) is 4. The predicted molar refractivity (Wildman–Crippen MR) is 186 cm³/mol. The maximum absolute atomic E-state index is 5.29. The summed E-state index contributed by atoms with van der Waals surface area (Å²) in [5.41, 5.74) is 11.6. The maximum atomic E-state index is 5.29. The van der Waals surface area contributed by atoms with Gasteiger partial charge in [-0.2, -0.15) is 0 Å². The van der Waals surface area contributed by atoms with Gasteiger partial charge in [0.2, 0.25) is 0 Å². The minimum absolute atomic E-state index is 0.930. The molecule has 1 aromatic rings. The molecule has 0 fully saturated rings. The van der Waals surface area contributed by atoms with E-state index in [2.05, 4.69) is 90.8 Å². The molecule has 1 aromatic heterocycles. The van der Waals surface area contributed by atoms with Crippen LogP contribution in [0.5, 0.6) is 0 Å². The zero-order chi connectivity index (χ0) is 30.3. The fraction of sp³-hybridized carbons (Fsp3) is 0.395. The van der Waals surface area contributed by atoms with Gasteiger partial charge in [-0.05, 0) is 80.3 Å². The van der Waals surface area contributed by atoms with Gasteiger partial charge in [0, 0.05) is 42.0 Å². The highest BCUT2D eigenvalue weighted by molar-refractivity contribution is 6.34. The van der Waals surface area contributed by atoms with Gasteiger partial charge in [0.1, 0.15) is 5.82 Å². The summed E-state index contributed by atoms with van der Waals surface area (Å²) in [6, 6.07) is 4.37. The smallest absolute Gasteiger partial charge is 0.121 e. The standard InChI is InChI=1S/C38H46N6/c1-4-6-8-10-12-14-29-31-18-16-27(40-31)26-28-17-19-32(41-28)30(15-13-11-9-7-5-2)34-21-23-36(43-34)37(35-22-20-33(29)42-35)38-39-24-25-44(38)3/h16-26,39-40H,4-15H2,1-3H3/b28-26?,33-29?,34-30?,38-37-. The first-order valence-electron chi connectivity index (χ1n) is 16.7. The van der Waals surface area contributed by atoms with E-state index in [1.807, 2.05) is 12.4 Å². The zero-order valence-corrected chi connectivity index (χ0v) is 26.6. The van der Waals surface area contributed by atoms with Crippen molar-refractivity contribution in [3.8, 4) is 0 Å². The second kappa shape index (κ2) is 14.1. The van der Waals surface area contributed by atoms with Gasteiger partial charge in [-0.3, -0.25) is 0 Å². The normalized spacial score (nSPS) is 20.2. The average Bonchev–Trinajstić information content (AvgIpc) is 3.86. The first kappa shape index (κ1) is 29.9. The summed E-state index contributed by atoms with van der Waals surface area (Å²) in [6.45, 7) is 4.53. The van der Waals surface area contributed by atoms with Crippen molar-refractivity contribution in [1.29, 1.82) is 0 Å². The molecule has 8 bridgehead atoms. The Morgan fingerprint density at radius 3 is 1.95 bits per heavy atom. The monoisotopic (exact) mass is 586 g/mol. The van der Waals surface area contributed by atoms with Crippen molar-refractivity contribution in [2.24, 2.45) is 15.0 Å². The number of nitrogens with one attached hydrogen (secondary N) is 2. The number of aromatic amines is 1. The summed E-state index contributed by atoms with van der Waals surface area (Å²) in [4.78, 5) is 21.5. The van der Waals surface area contributed by atoms with Crippen LogP contribution >= 0.6 is 0 Å². The van der Waals surface area contributed by atoms with E-state index in [4.69, 9.17) is 15.0 Å². The third-order valence-electron chi connectivity index (χ3n) is 8.89. The average molecular weight is 587 g/mol. The highest BCUT2D eigenvalue weighted by Gasteiger charge is 2.27. The van der Waals surface area contributed by atoms with Crippen molar-refractivity contribution >= 4 is 28.8 Å². The second-order valence-electron chi connectivity index (χ2n) is 12.2. The lowest BCUT2D eigenvalue weighted by molar-refractivity contribution is 0.568. The predicted octanol–water partition coefficient (Wildman–Crippen LogP) is 9.31. The Labute approximate surface area is 262 Å². The molecule has 0 atom stereocenters. The summed E-state index contributed by atoms with van der Waals surface area (Å²) in [5, 5.41) is 3.47. The van der Waals surface area contributed by atoms with E-state index in [0.29, 0.717) is 0 Å². The maximum Gasteiger partial charge on any atom is 0.121 e. The molecule has 0 unspecified atom stereocenters. The number of unbranched alkanes of at least 4 members (excludes halogenated alkanes) is 8. The molecule has 6 heteroatoms. The molecule has 228 valence electrons. The number of aliphatic imine (C=N–C) groups is 3. The molecule has 0 aromatic carbocycles. The van der Waals surface area contributed by atoms with Crippen LogP contribution in [0.25, 0.3) is 11.6 Å². The van der Waals surface area contributed by atoms with Gasteiger partial charge in [-0.25, -0.2) is 15.0 Å². The van der Waals surface area contributed by atoms with Crippen molar-refractivity contribution in [2.45, 2.75) is 90.9 Å². The summed E-state index contributed by atoms with van der Waals surface area (Å²) in [6.07, 6.45) is 33.5. The Hall–Kier alpha value is -4.19. The third-order valence-corrected chi connectivity index (χ3v) is 8.89. The summed E-state index contributed by atoms with van der Waals surface area (Å²) < 4.78 is 0. The van der Waals surface area contributed by atoms with Crippen molar-refractivity contribution in [3.63, 3.8) is 0 Å². The lowest BCUT2D eigenvalue weighted by Gasteiger charge is -2.17.